The van der Waals surface area contributed by atoms with E-state index < -0.39 is 24.4 Å². The highest BCUT2D eigenvalue weighted by Gasteiger charge is 2.43. The van der Waals surface area contributed by atoms with Crippen LogP contribution in [-0.2, 0) is 11.8 Å². The number of hydrogen-bond donors (Lipinski definition) is 1. The normalized spacial score (nSPS) is 19.1. The number of rotatable bonds is 4. The van der Waals surface area contributed by atoms with E-state index in [-0.39, 0.29) is 11.5 Å². The first-order chi connectivity index (χ1) is 12.8. The third kappa shape index (κ3) is 4.40. The molecule has 0 saturated carbocycles. The molecule has 1 fully saturated rings. The van der Waals surface area contributed by atoms with Crippen LogP contribution in [0.3, 0.4) is 0 Å². The Kier molecular flexibility index (Phi) is 5.69. The van der Waals surface area contributed by atoms with Crippen molar-refractivity contribution >= 4 is 18.1 Å². The summed E-state index contributed by atoms with van der Waals surface area (Å²) in [6, 6.07) is 7.60. The van der Waals surface area contributed by atoms with Gasteiger partial charge in [-0.1, -0.05) is 30.3 Å². The predicted molar refractivity (Wildman–Crippen MR) is 96.8 cm³/mol. The van der Waals surface area contributed by atoms with Crippen LogP contribution in [-0.4, -0.2) is 44.8 Å². The molecule has 1 aliphatic heterocycles. The quantitative estimate of drug-likeness (QED) is 0.795. The molecule has 9 heteroatoms. The van der Waals surface area contributed by atoms with Gasteiger partial charge in [-0.25, -0.2) is 0 Å². The highest BCUT2D eigenvalue weighted by atomic mass is 32.1. The smallest absolute Gasteiger partial charge is 0.342 e. The molecule has 0 spiro atoms. The average molecular weight is 398 g/mol. The number of piperidine rings is 1. The van der Waals surface area contributed by atoms with E-state index >= 15 is 0 Å². The summed E-state index contributed by atoms with van der Waals surface area (Å²) >= 11 is 5.12. The number of hydrogen-bond acceptors (Lipinski definition) is 3. The van der Waals surface area contributed by atoms with Gasteiger partial charge in [-0.3, -0.25) is 9.89 Å². The van der Waals surface area contributed by atoms with Gasteiger partial charge in [0.05, 0.1) is 5.92 Å². The highest BCUT2D eigenvalue weighted by Crippen LogP contribution is 2.38. The van der Waals surface area contributed by atoms with Crippen molar-refractivity contribution in [1.29, 1.82) is 0 Å². The van der Waals surface area contributed by atoms with E-state index in [4.69, 9.17) is 12.2 Å². The zero-order valence-electron chi connectivity index (χ0n) is 14.9. The lowest BCUT2D eigenvalue weighted by Crippen LogP contribution is -2.41. The zero-order valence-corrected chi connectivity index (χ0v) is 15.7. The molecule has 1 aromatic heterocycles. The molecule has 1 saturated heterocycles. The van der Waals surface area contributed by atoms with Gasteiger partial charge in [0.2, 0.25) is 5.91 Å². The largest absolute Gasteiger partial charge is 0.396 e. The second-order valence-corrected chi connectivity index (χ2v) is 7.22. The van der Waals surface area contributed by atoms with Crippen LogP contribution in [0.5, 0.6) is 0 Å². The summed E-state index contributed by atoms with van der Waals surface area (Å²) in [7, 11) is 1.79. The van der Waals surface area contributed by atoms with Crippen LogP contribution in [0.15, 0.2) is 30.3 Å². The summed E-state index contributed by atoms with van der Waals surface area (Å²) in [6.07, 6.45) is -3.52. The number of aromatic nitrogens is 3. The second kappa shape index (κ2) is 7.84. The van der Waals surface area contributed by atoms with Crippen molar-refractivity contribution in [3.63, 3.8) is 0 Å². The van der Waals surface area contributed by atoms with Gasteiger partial charge in [-0.2, -0.15) is 18.3 Å². The number of likely N-dealkylation sites (tertiary alicyclic amines) is 1. The zero-order chi connectivity index (χ0) is 19.6. The molecule has 3 rings (SSSR count). The average Bonchev–Trinajstić information content (AvgIpc) is 2.98. The van der Waals surface area contributed by atoms with Crippen molar-refractivity contribution in [2.45, 2.75) is 37.3 Å². The van der Waals surface area contributed by atoms with Gasteiger partial charge in [0.25, 0.3) is 0 Å². The fourth-order valence-corrected chi connectivity index (χ4v) is 3.69. The van der Waals surface area contributed by atoms with E-state index in [1.165, 1.54) is 17.0 Å². The molecule has 1 aromatic carbocycles. The number of H-pyrrole nitrogens is 1. The van der Waals surface area contributed by atoms with Crippen molar-refractivity contribution in [2.24, 2.45) is 7.05 Å². The maximum Gasteiger partial charge on any atom is 0.396 e. The SMILES string of the molecule is Cn1c(C2CCCN(C(=O)CC(c3ccccc3)C(F)(F)F)C2)n[nH]c1=S. The fraction of sp³-hybridized carbons (Fsp3) is 0.500. The topological polar surface area (TPSA) is 53.9 Å². The van der Waals surface area contributed by atoms with Crippen LogP contribution < -0.4 is 0 Å². The van der Waals surface area contributed by atoms with Crippen LogP contribution in [0.2, 0.25) is 0 Å². The summed E-state index contributed by atoms with van der Waals surface area (Å²) in [5.41, 5.74) is 0.112. The summed E-state index contributed by atoms with van der Waals surface area (Å²) in [6.45, 7) is 0.815. The molecule has 2 unspecified atom stereocenters. The third-order valence-electron chi connectivity index (χ3n) is 5.03. The Bertz CT molecular complexity index is 846. The van der Waals surface area contributed by atoms with Crippen LogP contribution >= 0.6 is 12.2 Å². The third-order valence-corrected chi connectivity index (χ3v) is 5.39. The van der Waals surface area contributed by atoms with Gasteiger partial charge in [0, 0.05) is 32.5 Å². The Morgan fingerprint density at radius 1 is 1.37 bits per heavy atom. The predicted octanol–water partition coefficient (Wildman–Crippen LogP) is 3.92. The van der Waals surface area contributed by atoms with Crippen LogP contribution in [0.4, 0.5) is 13.2 Å². The Hall–Kier alpha value is -2.16. The number of nitrogens with zero attached hydrogens (tertiary/aromatic N) is 3. The van der Waals surface area contributed by atoms with Crippen molar-refractivity contribution in [2.75, 3.05) is 13.1 Å². The van der Waals surface area contributed by atoms with Gasteiger partial charge >= 0.3 is 6.18 Å². The molecule has 0 radical (unpaired) electrons. The van der Waals surface area contributed by atoms with Crippen LogP contribution in [0.1, 0.15) is 42.5 Å². The molecule has 27 heavy (non-hydrogen) atoms. The van der Waals surface area contributed by atoms with Gasteiger partial charge < -0.3 is 9.47 Å². The number of carbonyl (C=O) groups excluding carboxylic acids is 1. The Balaban J connectivity index is 1.74. The lowest BCUT2D eigenvalue weighted by Gasteiger charge is -2.33. The molecule has 0 aliphatic carbocycles. The van der Waals surface area contributed by atoms with E-state index in [0.29, 0.717) is 17.9 Å². The van der Waals surface area contributed by atoms with E-state index in [2.05, 4.69) is 10.2 Å². The van der Waals surface area contributed by atoms with Crippen molar-refractivity contribution in [3.05, 3.63) is 46.5 Å². The summed E-state index contributed by atoms with van der Waals surface area (Å²) in [5, 5.41) is 6.92. The molecule has 1 amide bonds. The Labute approximate surface area is 160 Å². The van der Waals surface area contributed by atoms with Gasteiger partial charge in [-0.05, 0) is 30.6 Å². The number of halogens is 3. The lowest BCUT2D eigenvalue weighted by molar-refractivity contribution is -0.161. The molecular formula is C18H21F3N4OS. The second-order valence-electron chi connectivity index (χ2n) is 6.83. The minimum absolute atomic E-state index is 0.0401. The molecule has 2 atom stereocenters. The highest BCUT2D eigenvalue weighted by molar-refractivity contribution is 7.71. The van der Waals surface area contributed by atoms with E-state index in [0.717, 1.165) is 18.7 Å². The fourth-order valence-electron chi connectivity index (χ4n) is 3.55. The summed E-state index contributed by atoms with van der Waals surface area (Å²) in [4.78, 5) is 14.2. The first-order valence-electron chi connectivity index (χ1n) is 8.78. The number of aromatic amines is 1. The van der Waals surface area contributed by atoms with Crippen molar-refractivity contribution < 1.29 is 18.0 Å². The summed E-state index contributed by atoms with van der Waals surface area (Å²) in [5.74, 6) is -1.59. The van der Waals surface area contributed by atoms with Gasteiger partial charge in [0.1, 0.15) is 5.82 Å². The minimum atomic E-state index is -4.47. The standard InChI is InChI=1S/C18H21F3N4OS/c1-24-16(22-23-17(24)27)13-8-5-9-25(11-13)15(26)10-14(18(19,20)21)12-6-3-2-4-7-12/h2-4,6-7,13-14H,5,8-11H2,1H3,(H,23,27). The molecule has 2 aromatic rings. The van der Waals surface area contributed by atoms with E-state index in [1.807, 2.05) is 0 Å². The first kappa shape index (κ1) is 19.6. The molecule has 2 heterocycles. The molecule has 0 bridgehead atoms. The number of carbonyl (C=O) groups is 1. The maximum absolute atomic E-state index is 13.5. The molecule has 146 valence electrons. The van der Waals surface area contributed by atoms with Crippen molar-refractivity contribution in [1.82, 2.24) is 19.7 Å². The molecule has 1 N–H and O–H groups in total. The number of nitrogens with one attached hydrogen (secondary N) is 1. The summed E-state index contributed by atoms with van der Waals surface area (Å²) < 4.78 is 42.8. The van der Waals surface area contributed by atoms with E-state index in [1.54, 1.807) is 29.8 Å². The minimum Gasteiger partial charge on any atom is -0.342 e. The number of benzene rings is 1. The first-order valence-corrected chi connectivity index (χ1v) is 9.19. The Morgan fingerprint density at radius 2 is 2.07 bits per heavy atom. The number of amides is 1. The van der Waals surface area contributed by atoms with Gasteiger partial charge in [-0.15, -0.1) is 0 Å². The van der Waals surface area contributed by atoms with Crippen LogP contribution in [0, 0.1) is 4.77 Å². The maximum atomic E-state index is 13.5. The molecular weight excluding hydrogens is 377 g/mol. The monoisotopic (exact) mass is 398 g/mol. The van der Waals surface area contributed by atoms with Gasteiger partial charge in [0.15, 0.2) is 4.77 Å². The molecule has 5 nitrogen and oxygen atoms in total. The Morgan fingerprint density at radius 3 is 2.67 bits per heavy atom. The van der Waals surface area contributed by atoms with Crippen LogP contribution in [0.25, 0.3) is 0 Å². The molecule has 1 aliphatic rings. The lowest BCUT2D eigenvalue weighted by atomic mass is 9.92. The number of alkyl halides is 3. The van der Waals surface area contributed by atoms with E-state index in [9.17, 15) is 18.0 Å². The van der Waals surface area contributed by atoms with Crippen molar-refractivity contribution in [3.8, 4) is 0 Å².